The Bertz CT molecular complexity index is 1230. The number of anilines is 3. The highest BCUT2D eigenvalue weighted by atomic mass is 19.4. The predicted octanol–water partition coefficient (Wildman–Crippen LogP) is 4.57. The highest BCUT2D eigenvalue weighted by Crippen LogP contribution is 2.36. The van der Waals surface area contributed by atoms with Gasteiger partial charge in [0.15, 0.2) is 0 Å². The van der Waals surface area contributed by atoms with E-state index >= 15 is 0 Å². The Morgan fingerprint density at radius 2 is 1.82 bits per heavy atom. The van der Waals surface area contributed by atoms with Crippen LogP contribution < -0.4 is 21.9 Å². The number of nitrogens with one attached hydrogen (secondary N) is 2. The minimum Gasteiger partial charge on any atom is -0.367 e. The molecule has 3 aromatic rings. The van der Waals surface area contributed by atoms with Crippen LogP contribution in [0, 0.1) is 0 Å². The molecule has 1 aromatic carbocycles. The van der Waals surface area contributed by atoms with Crippen LogP contribution in [0.2, 0.25) is 0 Å². The van der Waals surface area contributed by atoms with Crippen molar-refractivity contribution in [3.05, 3.63) is 52.6 Å². The van der Waals surface area contributed by atoms with E-state index in [1.807, 2.05) is 6.07 Å². The number of nitrogens with zero attached hydrogens (tertiary/aromatic N) is 3. The van der Waals surface area contributed by atoms with Crippen LogP contribution in [0.1, 0.15) is 50.1 Å². The molecule has 0 spiro atoms. The molecule has 0 radical (unpaired) electrons. The summed E-state index contributed by atoms with van der Waals surface area (Å²) < 4.78 is 42.4. The minimum atomic E-state index is -4.57. The largest absolute Gasteiger partial charge is 0.421 e. The van der Waals surface area contributed by atoms with Gasteiger partial charge in [-0.05, 0) is 68.2 Å². The molecular formula is C23H25F3N6O. The van der Waals surface area contributed by atoms with Crippen LogP contribution in [0.4, 0.5) is 30.6 Å². The van der Waals surface area contributed by atoms with Gasteiger partial charge in [0.05, 0.1) is 0 Å². The second kappa shape index (κ2) is 8.33. The van der Waals surface area contributed by atoms with E-state index in [2.05, 4.69) is 20.6 Å². The molecular weight excluding hydrogens is 433 g/mol. The zero-order valence-corrected chi connectivity index (χ0v) is 17.9. The Morgan fingerprint density at radius 1 is 1.06 bits per heavy atom. The Labute approximate surface area is 188 Å². The summed E-state index contributed by atoms with van der Waals surface area (Å²) in [6.07, 6.45) is 2.93. The van der Waals surface area contributed by atoms with E-state index in [1.54, 1.807) is 29.0 Å². The molecule has 0 aliphatic heterocycles. The van der Waals surface area contributed by atoms with Crippen molar-refractivity contribution in [3.63, 3.8) is 0 Å². The average molecular weight is 458 g/mol. The van der Waals surface area contributed by atoms with Crippen molar-refractivity contribution in [2.24, 2.45) is 5.73 Å². The maximum atomic E-state index is 13.5. The van der Waals surface area contributed by atoms with E-state index in [-0.39, 0.29) is 35.5 Å². The van der Waals surface area contributed by atoms with Crippen LogP contribution in [0.3, 0.4) is 0 Å². The molecule has 0 amide bonds. The fraction of sp³-hybridized carbons (Fsp3) is 0.435. The minimum absolute atomic E-state index is 0.0361. The third-order valence-corrected chi connectivity index (χ3v) is 6.33. The first-order chi connectivity index (χ1) is 15.8. The number of nitrogens with two attached hydrogens (primary N) is 1. The van der Waals surface area contributed by atoms with E-state index < -0.39 is 11.7 Å². The Morgan fingerprint density at radius 3 is 2.52 bits per heavy atom. The molecule has 2 saturated carbocycles. The summed E-state index contributed by atoms with van der Waals surface area (Å²) in [4.78, 5) is 20.7. The van der Waals surface area contributed by atoms with Crippen LogP contribution in [-0.2, 0) is 6.18 Å². The van der Waals surface area contributed by atoms with Gasteiger partial charge in [0.25, 0.3) is 5.56 Å². The summed E-state index contributed by atoms with van der Waals surface area (Å²) in [6, 6.07) is 7.31. The Hall–Kier alpha value is -3.14. The number of hydrogen-bond donors (Lipinski definition) is 3. The molecule has 174 valence electrons. The molecule has 2 fully saturated rings. The van der Waals surface area contributed by atoms with Gasteiger partial charge in [-0.2, -0.15) is 18.2 Å². The first-order valence-corrected chi connectivity index (χ1v) is 11.2. The topological polar surface area (TPSA) is 97.9 Å². The Balaban J connectivity index is 1.41. The van der Waals surface area contributed by atoms with E-state index in [4.69, 9.17) is 5.73 Å². The number of aromatic nitrogens is 3. The van der Waals surface area contributed by atoms with Gasteiger partial charge in [-0.1, -0.05) is 0 Å². The summed E-state index contributed by atoms with van der Waals surface area (Å²) in [5.41, 5.74) is 5.56. The molecule has 7 nitrogen and oxygen atoms in total. The maximum Gasteiger partial charge on any atom is 0.421 e. The molecule has 0 bridgehead atoms. The second-order valence-electron chi connectivity index (χ2n) is 8.90. The molecule has 2 aromatic heterocycles. The number of alkyl halides is 3. The third-order valence-electron chi connectivity index (χ3n) is 6.33. The highest BCUT2D eigenvalue weighted by Gasteiger charge is 2.36. The predicted molar refractivity (Wildman–Crippen MR) is 121 cm³/mol. The number of benzene rings is 1. The van der Waals surface area contributed by atoms with Gasteiger partial charge in [0.2, 0.25) is 5.95 Å². The first kappa shape index (κ1) is 21.7. The molecule has 2 aliphatic rings. The lowest BCUT2D eigenvalue weighted by Crippen LogP contribution is -2.33. The number of halogens is 3. The number of hydrogen-bond acceptors (Lipinski definition) is 6. The fourth-order valence-electron chi connectivity index (χ4n) is 4.33. The molecule has 0 unspecified atom stereocenters. The monoisotopic (exact) mass is 458 g/mol. The first-order valence-electron chi connectivity index (χ1n) is 11.2. The summed E-state index contributed by atoms with van der Waals surface area (Å²) in [5.74, 6) is -0.197. The van der Waals surface area contributed by atoms with Crippen molar-refractivity contribution in [3.8, 4) is 0 Å². The maximum absolute atomic E-state index is 13.5. The summed E-state index contributed by atoms with van der Waals surface area (Å²) in [5, 5.41) is 7.26. The van der Waals surface area contributed by atoms with Crippen molar-refractivity contribution >= 4 is 28.2 Å². The van der Waals surface area contributed by atoms with Crippen LogP contribution in [0.5, 0.6) is 0 Å². The van der Waals surface area contributed by atoms with Gasteiger partial charge in [0.1, 0.15) is 11.4 Å². The van der Waals surface area contributed by atoms with E-state index in [0.29, 0.717) is 23.9 Å². The quantitative estimate of drug-likeness (QED) is 0.518. The highest BCUT2D eigenvalue weighted by molar-refractivity contribution is 5.85. The van der Waals surface area contributed by atoms with E-state index in [0.717, 1.165) is 37.3 Å². The lowest BCUT2D eigenvalue weighted by atomic mass is 9.92. The Kier molecular flexibility index (Phi) is 5.48. The van der Waals surface area contributed by atoms with Gasteiger partial charge in [-0.3, -0.25) is 4.79 Å². The molecule has 10 heteroatoms. The molecule has 33 heavy (non-hydrogen) atoms. The molecule has 5 rings (SSSR count). The lowest BCUT2D eigenvalue weighted by Gasteiger charge is -2.28. The smallest absolute Gasteiger partial charge is 0.367 e. The molecule has 0 saturated heterocycles. The van der Waals surface area contributed by atoms with Gasteiger partial charge in [0, 0.05) is 41.6 Å². The van der Waals surface area contributed by atoms with Crippen molar-refractivity contribution in [2.75, 3.05) is 10.6 Å². The molecule has 2 heterocycles. The van der Waals surface area contributed by atoms with Crippen molar-refractivity contribution in [2.45, 2.75) is 62.8 Å². The standard InChI is InChI=1S/C23H25F3N6O/c24-23(25,26)19-12-28-22(31-20(19)29-15-3-1-14(27)2-4-15)30-16-5-8-18-13(11-16)9-10-32(21(18)33)17-6-7-17/h5,8-12,14-15,17H,1-4,6-7,27H2,(H2,28,29,30,31). The molecule has 0 atom stereocenters. The zero-order valence-electron chi connectivity index (χ0n) is 17.9. The van der Waals surface area contributed by atoms with Crippen LogP contribution in [0.15, 0.2) is 41.5 Å². The van der Waals surface area contributed by atoms with E-state index in [9.17, 15) is 18.0 Å². The summed E-state index contributed by atoms with van der Waals surface area (Å²) >= 11 is 0. The van der Waals surface area contributed by atoms with Crippen LogP contribution in [0.25, 0.3) is 10.8 Å². The number of rotatable bonds is 5. The van der Waals surface area contributed by atoms with Crippen LogP contribution >= 0.6 is 0 Å². The normalized spacial score (nSPS) is 21.2. The van der Waals surface area contributed by atoms with E-state index in [1.165, 1.54) is 0 Å². The molecule has 4 N–H and O–H groups in total. The third kappa shape index (κ3) is 4.66. The van der Waals surface area contributed by atoms with Gasteiger partial charge in [-0.15, -0.1) is 0 Å². The zero-order chi connectivity index (χ0) is 23.2. The van der Waals surface area contributed by atoms with Crippen LogP contribution in [-0.4, -0.2) is 26.6 Å². The van der Waals surface area contributed by atoms with Gasteiger partial charge >= 0.3 is 6.18 Å². The van der Waals surface area contributed by atoms with Gasteiger partial charge < -0.3 is 20.9 Å². The summed E-state index contributed by atoms with van der Waals surface area (Å²) in [7, 11) is 0. The fourth-order valence-corrected chi connectivity index (χ4v) is 4.33. The van der Waals surface area contributed by atoms with Crippen molar-refractivity contribution in [1.29, 1.82) is 0 Å². The lowest BCUT2D eigenvalue weighted by molar-refractivity contribution is -0.137. The SMILES string of the molecule is NC1CCC(Nc2nc(Nc3ccc4c(=O)n(C5CC5)ccc4c3)ncc2C(F)(F)F)CC1. The number of fused-ring (bicyclic) bond motifs is 1. The second-order valence-corrected chi connectivity index (χ2v) is 8.90. The summed E-state index contributed by atoms with van der Waals surface area (Å²) in [6.45, 7) is 0. The molecule has 2 aliphatic carbocycles. The average Bonchev–Trinajstić information content (AvgIpc) is 3.60. The van der Waals surface area contributed by atoms with Gasteiger partial charge in [-0.25, -0.2) is 4.98 Å². The number of pyridine rings is 1. The van der Waals surface area contributed by atoms with Crippen molar-refractivity contribution < 1.29 is 13.2 Å². The van der Waals surface area contributed by atoms with Crippen molar-refractivity contribution in [1.82, 2.24) is 14.5 Å².